The zero-order valence-corrected chi connectivity index (χ0v) is 27.8. The summed E-state index contributed by atoms with van der Waals surface area (Å²) in [5.41, 5.74) is 18.3. The summed E-state index contributed by atoms with van der Waals surface area (Å²) in [4.78, 5) is 18.9. The number of nitrogens with zero attached hydrogens (tertiary/aromatic N) is 1. The second kappa shape index (κ2) is 17.7. The van der Waals surface area contributed by atoms with Gasteiger partial charge in [-0.2, -0.15) is 0 Å². The predicted molar refractivity (Wildman–Crippen MR) is 183 cm³/mol. The second-order valence-electron chi connectivity index (χ2n) is 12.9. The molecule has 0 spiro atoms. The van der Waals surface area contributed by atoms with Gasteiger partial charge in [-0.05, 0) is 72.1 Å². The summed E-state index contributed by atoms with van der Waals surface area (Å²) < 4.78 is 6.06. The Morgan fingerprint density at radius 1 is 1.04 bits per heavy atom. The van der Waals surface area contributed by atoms with Gasteiger partial charge in [-0.25, -0.2) is 0 Å². The number of allylic oxidation sites excluding steroid dienone is 1. The van der Waals surface area contributed by atoms with Crippen LogP contribution in [0.4, 0.5) is 0 Å². The monoisotopic (exact) mass is 649 g/mol. The van der Waals surface area contributed by atoms with Gasteiger partial charge in [0.05, 0.1) is 25.0 Å². The Balaban J connectivity index is 1.35. The number of aliphatic imine (C=N–C) groups is 1. The summed E-state index contributed by atoms with van der Waals surface area (Å²) in [6, 6.07) is 10.8. The number of Topliss-reactive ketones (excluding diaryl/α,β-unsaturated/α-hetero) is 1. The number of aromatic hydroxyl groups is 1. The first-order valence-corrected chi connectivity index (χ1v) is 17.0. The number of nitrogens with one attached hydrogen (secondary N) is 1. The van der Waals surface area contributed by atoms with Crippen LogP contribution in [0.2, 0.25) is 0 Å². The molecule has 9 N–H and O–H groups in total. The van der Waals surface area contributed by atoms with E-state index in [0.717, 1.165) is 69.7 Å². The number of hydrogen-bond acceptors (Lipinski definition) is 9. The number of benzene rings is 2. The van der Waals surface area contributed by atoms with E-state index in [1.165, 1.54) is 0 Å². The Morgan fingerprint density at radius 2 is 1.85 bits per heavy atom. The van der Waals surface area contributed by atoms with Gasteiger partial charge in [-0.15, -0.1) is 0 Å². The van der Waals surface area contributed by atoms with Gasteiger partial charge in [0, 0.05) is 24.1 Å². The van der Waals surface area contributed by atoms with Crippen LogP contribution in [0.15, 0.2) is 64.4 Å². The number of carbonyl (C=O) groups excluding carboxylic acids is 1. The lowest BCUT2D eigenvalue weighted by Gasteiger charge is -2.24. The number of ether oxygens (including phenoxy) is 1. The van der Waals surface area contributed by atoms with Crippen molar-refractivity contribution in [3.8, 4) is 11.5 Å². The summed E-state index contributed by atoms with van der Waals surface area (Å²) in [5.74, 6) is -0.121. The van der Waals surface area contributed by atoms with Crippen molar-refractivity contribution in [3.63, 3.8) is 0 Å². The van der Waals surface area contributed by atoms with Gasteiger partial charge in [0.25, 0.3) is 0 Å². The number of phenolic OH excluding ortho intramolecular Hbond substituents is 1. The number of aliphatic hydroxyl groups is 3. The van der Waals surface area contributed by atoms with Crippen LogP contribution < -0.4 is 21.1 Å². The van der Waals surface area contributed by atoms with Crippen LogP contribution in [-0.4, -0.2) is 57.9 Å². The molecule has 0 aromatic heterocycles. The van der Waals surface area contributed by atoms with Crippen LogP contribution in [0.1, 0.15) is 93.6 Å². The Kier molecular flexibility index (Phi) is 13.7. The van der Waals surface area contributed by atoms with E-state index in [4.69, 9.17) is 16.2 Å². The van der Waals surface area contributed by atoms with Gasteiger partial charge in [0.1, 0.15) is 24.2 Å². The first kappa shape index (κ1) is 36.5. The van der Waals surface area contributed by atoms with E-state index in [-0.39, 0.29) is 37.7 Å². The molecule has 10 heteroatoms. The Bertz CT molecular complexity index is 1450. The highest BCUT2D eigenvalue weighted by Gasteiger charge is 2.30. The maximum absolute atomic E-state index is 13.3. The maximum Gasteiger partial charge on any atom is 0.227 e. The average Bonchev–Trinajstić information content (AvgIpc) is 3.63. The highest BCUT2D eigenvalue weighted by molar-refractivity contribution is 5.87. The highest BCUT2D eigenvalue weighted by atomic mass is 16.5. The molecule has 0 saturated carbocycles. The summed E-state index contributed by atoms with van der Waals surface area (Å²) >= 11 is 0. The van der Waals surface area contributed by atoms with Gasteiger partial charge < -0.3 is 36.6 Å². The van der Waals surface area contributed by atoms with Crippen LogP contribution in [0.3, 0.4) is 0 Å². The van der Waals surface area contributed by atoms with Crippen molar-refractivity contribution < 1.29 is 34.9 Å². The molecular formula is C37H53N4O6+. The van der Waals surface area contributed by atoms with E-state index in [0.29, 0.717) is 38.0 Å². The third kappa shape index (κ3) is 10.1. The molecule has 0 radical (unpaired) electrons. The maximum atomic E-state index is 13.3. The number of carbonyl (C=O) groups is 1. The van der Waals surface area contributed by atoms with Crippen molar-refractivity contribution in [3.05, 3.63) is 81.7 Å². The van der Waals surface area contributed by atoms with Crippen molar-refractivity contribution in [2.45, 2.75) is 103 Å². The van der Waals surface area contributed by atoms with E-state index >= 15 is 0 Å². The number of aryl methyl sites for hydroxylation is 1. The molecule has 10 nitrogen and oxygen atoms in total. The fraction of sp³-hybridized carbons (Fsp3) is 0.514. The molecule has 47 heavy (non-hydrogen) atoms. The number of rotatable bonds is 20. The van der Waals surface area contributed by atoms with E-state index in [1.807, 2.05) is 37.5 Å². The van der Waals surface area contributed by atoms with Crippen LogP contribution in [0.25, 0.3) is 0 Å². The molecule has 0 bridgehead atoms. The minimum atomic E-state index is -0.859. The smallest absolute Gasteiger partial charge is 0.227 e. The summed E-state index contributed by atoms with van der Waals surface area (Å²) in [5, 5.41) is 41.5. The number of hydrogen-bond donors (Lipinski definition) is 7. The number of fused-ring (bicyclic) bond motifs is 1. The van der Waals surface area contributed by atoms with Crippen molar-refractivity contribution in [1.82, 2.24) is 0 Å². The molecule has 2 aromatic carbocycles. The molecule has 2 heterocycles. The molecule has 2 aromatic rings. The minimum Gasteiger partial charge on any atom is -0.504 e. The predicted octanol–water partition coefficient (Wildman–Crippen LogP) is 3.11. The van der Waals surface area contributed by atoms with Crippen LogP contribution >= 0.6 is 0 Å². The quantitative estimate of drug-likeness (QED) is 0.0846. The molecule has 0 aliphatic carbocycles. The SMILES string of the molecule is CCCCCC(C(=O)CCc1ccc(O)c(OC[NH+]2C=C3N=CC(Cc4cc(C(N)N)ccc4CO)=C3C2)c1)C(O)CC(O)CCC. The normalized spacial score (nSPS) is 17.6. The summed E-state index contributed by atoms with van der Waals surface area (Å²) in [7, 11) is 0. The van der Waals surface area contributed by atoms with Gasteiger partial charge >= 0.3 is 0 Å². The summed E-state index contributed by atoms with van der Waals surface area (Å²) in [6.07, 6.45) is 8.28. The van der Waals surface area contributed by atoms with Gasteiger partial charge in [-0.1, -0.05) is 63.8 Å². The number of phenols is 1. The molecule has 4 unspecified atom stereocenters. The molecule has 2 aliphatic heterocycles. The molecule has 2 aliphatic rings. The topological polar surface area (TPSA) is 176 Å². The van der Waals surface area contributed by atoms with Gasteiger partial charge in [0.15, 0.2) is 11.5 Å². The minimum absolute atomic E-state index is 0.000799. The number of nitrogens with two attached hydrogens (primary N) is 2. The molecule has 0 amide bonds. The fourth-order valence-corrected chi connectivity index (χ4v) is 6.42. The zero-order valence-electron chi connectivity index (χ0n) is 27.8. The number of ketones is 1. The number of unbranched alkanes of at least 4 members (excludes halogenated alkanes) is 2. The Morgan fingerprint density at radius 3 is 2.57 bits per heavy atom. The fourth-order valence-electron chi connectivity index (χ4n) is 6.42. The van der Waals surface area contributed by atoms with Crippen LogP contribution in [-0.2, 0) is 24.2 Å². The average molecular weight is 650 g/mol. The van der Waals surface area contributed by atoms with Crippen LogP contribution in [0.5, 0.6) is 11.5 Å². The van der Waals surface area contributed by atoms with Crippen molar-refractivity contribution >= 4 is 12.0 Å². The standard InChI is InChI=1S/C37H52N4O6/c1-3-5-6-8-30(35(46)18-29(43)7-4-2)33(44)13-9-24-10-14-34(45)36(15-24)47-23-41-20-31-28(19-40-32(31)21-41)17-27-16-25(37(38)39)11-12-26(27)22-42/h10-12,14-16,19,21,29-30,35,37,42-43,45-46H,3-9,13,17-18,20,22-23,38-39H2,1-2H3/p+1. The number of quaternary nitrogens is 1. The molecular weight excluding hydrogens is 596 g/mol. The Hall–Kier alpha value is -3.38. The third-order valence-corrected chi connectivity index (χ3v) is 9.20. The second-order valence-corrected chi connectivity index (χ2v) is 12.9. The lowest BCUT2D eigenvalue weighted by Crippen LogP contribution is -3.07. The molecule has 0 fully saturated rings. The number of aliphatic hydroxyl groups excluding tert-OH is 3. The van der Waals surface area contributed by atoms with Crippen LogP contribution in [0, 0.1) is 5.92 Å². The molecule has 4 rings (SSSR count). The van der Waals surface area contributed by atoms with Gasteiger partial charge in [0.2, 0.25) is 6.73 Å². The van der Waals surface area contributed by atoms with Crippen molar-refractivity contribution in [2.75, 3.05) is 13.3 Å². The lowest BCUT2D eigenvalue weighted by molar-refractivity contribution is -0.855. The van der Waals surface area contributed by atoms with E-state index in [9.17, 15) is 25.2 Å². The van der Waals surface area contributed by atoms with E-state index < -0.39 is 24.3 Å². The third-order valence-electron chi connectivity index (χ3n) is 9.20. The van der Waals surface area contributed by atoms with Crippen molar-refractivity contribution in [1.29, 1.82) is 0 Å². The zero-order chi connectivity index (χ0) is 33.9. The summed E-state index contributed by atoms with van der Waals surface area (Å²) in [6.45, 7) is 4.96. The van der Waals surface area contributed by atoms with E-state index in [1.54, 1.807) is 18.2 Å². The van der Waals surface area contributed by atoms with Gasteiger partial charge in [-0.3, -0.25) is 14.7 Å². The molecule has 0 saturated heterocycles. The highest BCUT2D eigenvalue weighted by Crippen LogP contribution is 2.30. The largest absolute Gasteiger partial charge is 0.504 e. The first-order chi connectivity index (χ1) is 22.6. The van der Waals surface area contributed by atoms with E-state index in [2.05, 4.69) is 11.9 Å². The Labute approximate surface area is 278 Å². The molecule has 4 atom stereocenters. The molecule has 256 valence electrons. The first-order valence-electron chi connectivity index (χ1n) is 17.0. The lowest BCUT2D eigenvalue weighted by atomic mass is 9.85. The van der Waals surface area contributed by atoms with Crippen molar-refractivity contribution in [2.24, 2.45) is 22.4 Å².